The average Bonchev–Trinajstić information content (AvgIpc) is 2.34. The molecule has 0 aromatic rings. The van der Waals surface area contributed by atoms with Gasteiger partial charge in [0.2, 0.25) is 5.91 Å². The average molecular weight is 270 g/mol. The maximum atomic E-state index is 11.8. The molecule has 0 aromatic carbocycles. The van der Waals surface area contributed by atoms with Crippen molar-refractivity contribution in [2.45, 2.75) is 52.5 Å². The quantitative estimate of drug-likeness (QED) is 0.622. The molecule has 0 aliphatic rings. The van der Waals surface area contributed by atoms with Gasteiger partial charge >= 0.3 is 0 Å². The SMILES string of the molecule is CC[C@H](CCC(=O)N[C@@H](CCNC)C(C)=O)C(C)=O. The molecule has 5 nitrogen and oxygen atoms in total. The number of amides is 1. The van der Waals surface area contributed by atoms with Gasteiger partial charge in [-0.1, -0.05) is 6.92 Å². The van der Waals surface area contributed by atoms with Crippen molar-refractivity contribution in [1.29, 1.82) is 0 Å². The van der Waals surface area contributed by atoms with Crippen molar-refractivity contribution in [3.63, 3.8) is 0 Å². The Morgan fingerprint density at radius 3 is 2.11 bits per heavy atom. The van der Waals surface area contributed by atoms with Gasteiger partial charge in [0.15, 0.2) is 5.78 Å². The van der Waals surface area contributed by atoms with E-state index in [1.807, 2.05) is 6.92 Å². The summed E-state index contributed by atoms with van der Waals surface area (Å²) in [6, 6.07) is -0.433. The second-order valence-electron chi connectivity index (χ2n) is 4.88. The van der Waals surface area contributed by atoms with Gasteiger partial charge in [0.1, 0.15) is 5.78 Å². The van der Waals surface area contributed by atoms with E-state index in [1.165, 1.54) is 6.92 Å². The van der Waals surface area contributed by atoms with E-state index in [2.05, 4.69) is 10.6 Å². The summed E-state index contributed by atoms with van der Waals surface area (Å²) in [4.78, 5) is 34.4. The molecule has 0 heterocycles. The van der Waals surface area contributed by atoms with E-state index in [0.29, 0.717) is 25.8 Å². The number of ketones is 2. The van der Waals surface area contributed by atoms with Gasteiger partial charge in [0.05, 0.1) is 6.04 Å². The molecule has 0 saturated carbocycles. The van der Waals surface area contributed by atoms with Crippen molar-refractivity contribution in [1.82, 2.24) is 10.6 Å². The number of rotatable bonds is 10. The predicted molar refractivity (Wildman–Crippen MR) is 74.9 cm³/mol. The van der Waals surface area contributed by atoms with Gasteiger partial charge in [-0.05, 0) is 46.7 Å². The van der Waals surface area contributed by atoms with Gasteiger partial charge in [-0.3, -0.25) is 14.4 Å². The first-order chi connectivity index (χ1) is 8.92. The minimum absolute atomic E-state index is 0.0396. The van der Waals surface area contributed by atoms with Gasteiger partial charge in [-0.15, -0.1) is 0 Å². The first-order valence-electron chi connectivity index (χ1n) is 6.87. The fourth-order valence-corrected chi connectivity index (χ4v) is 1.93. The molecule has 2 atom stereocenters. The number of carbonyl (C=O) groups excluding carboxylic acids is 3. The van der Waals surface area contributed by atoms with Gasteiger partial charge in [0, 0.05) is 12.3 Å². The van der Waals surface area contributed by atoms with E-state index >= 15 is 0 Å². The number of carbonyl (C=O) groups is 3. The molecule has 0 fully saturated rings. The Balaban J connectivity index is 4.19. The lowest BCUT2D eigenvalue weighted by molar-refractivity contribution is -0.127. The lowest BCUT2D eigenvalue weighted by Crippen LogP contribution is -2.41. The summed E-state index contributed by atoms with van der Waals surface area (Å²) >= 11 is 0. The lowest BCUT2D eigenvalue weighted by Gasteiger charge is -2.16. The second-order valence-corrected chi connectivity index (χ2v) is 4.88. The normalized spacial score (nSPS) is 13.7. The highest BCUT2D eigenvalue weighted by Gasteiger charge is 2.18. The molecule has 0 rings (SSSR count). The van der Waals surface area contributed by atoms with Crippen LogP contribution in [0, 0.1) is 5.92 Å². The van der Waals surface area contributed by atoms with Crippen molar-refractivity contribution in [2.24, 2.45) is 5.92 Å². The molecule has 0 unspecified atom stereocenters. The third-order valence-corrected chi connectivity index (χ3v) is 3.30. The van der Waals surface area contributed by atoms with Gasteiger partial charge in [0.25, 0.3) is 0 Å². The minimum Gasteiger partial charge on any atom is -0.346 e. The fourth-order valence-electron chi connectivity index (χ4n) is 1.93. The fraction of sp³-hybridized carbons (Fsp3) is 0.786. The summed E-state index contributed by atoms with van der Waals surface area (Å²) in [6.45, 7) is 5.65. The van der Waals surface area contributed by atoms with Crippen LogP contribution in [-0.4, -0.2) is 37.1 Å². The molecule has 5 heteroatoms. The molecule has 110 valence electrons. The molecule has 2 N–H and O–H groups in total. The van der Waals surface area contributed by atoms with E-state index in [9.17, 15) is 14.4 Å². The molecule has 19 heavy (non-hydrogen) atoms. The zero-order chi connectivity index (χ0) is 14.8. The molecule has 0 spiro atoms. The van der Waals surface area contributed by atoms with Crippen LogP contribution in [0.3, 0.4) is 0 Å². The molecule has 1 amide bonds. The van der Waals surface area contributed by atoms with Crippen LogP contribution in [-0.2, 0) is 14.4 Å². The number of hydrogen-bond acceptors (Lipinski definition) is 4. The van der Waals surface area contributed by atoms with Gasteiger partial charge < -0.3 is 10.6 Å². The van der Waals surface area contributed by atoms with Crippen molar-refractivity contribution < 1.29 is 14.4 Å². The Morgan fingerprint density at radius 2 is 1.68 bits per heavy atom. The van der Waals surface area contributed by atoms with E-state index < -0.39 is 6.04 Å². The second kappa shape index (κ2) is 9.67. The molecule has 0 bridgehead atoms. The highest BCUT2D eigenvalue weighted by atomic mass is 16.2. The molecular formula is C14H26N2O3. The Morgan fingerprint density at radius 1 is 1.05 bits per heavy atom. The minimum atomic E-state index is -0.433. The van der Waals surface area contributed by atoms with Gasteiger partial charge in [-0.2, -0.15) is 0 Å². The largest absolute Gasteiger partial charge is 0.346 e. The number of nitrogens with one attached hydrogen (secondary N) is 2. The molecule has 0 saturated heterocycles. The Hall–Kier alpha value is -1.23. The maximum Gasteiger partial charge on any atom is 0.220 e. The highest BCUT2D eigenvalue weighted by Crippen LogP contribution is 2.12. The summed E-state index contributed by atoms with van der Waals surface area (Å²) in [7, 11) is 1.80. The summed E-state index contributed by atoms with van der Waals surface area (Å²) in [5.41, 5.74) is 0. The molecule has 0 aliphatic carbocycles. The molecule has 0 aliphatic heterocycles. The predicted octanol–water partition coefficient (Wildman–Crippen LogP) is 1.07. The topological polar surface area (TPSA) is 75.3 Å². The Bertz CT molecular complexity index is 316. The Labute approximate surface area is 115 Å². The number of Topliss-reactive ketones (excluding diaryl/α,β-unsaturated/α-hetero) is 2. The van der Waals surface area contributed by atoms with Crippen molar-refractivity contribution in [3.05, 3.63) is 0 Å². The summed E-state index contributed by atoms with van der Waals surface area (Å²) < 4.78 is 0. The zero-order valence-corrected chi connectivity index (χ0v) is 12.4. The van der Waals surface area contributed by atoms with E-state index in [-0.39, 0.29) is 23.4 Å². The van der Waals surface area contributed by atoms with E-state index in [4.69, 9.17) is 0 Å². The van der Waals surface area contributed by atoms with Crippen LogP contribution in [0.4, 0.5) is 0 Å². The van der Waals surface area contributed by atoms with Crippen molar-refractivity contribution >= 4 is 17.5 Å². The molecule has 0 radical (unpaired) electrons. The van der Waals surface area contributed by atoms with Crippen LogP contribution in [0.15, 0.2) is 0 Å². The summed E-state index contributed by atoms with van der Waals surface area (Å²) in [5, 5.41) is 5.68. The van der Waals surface area contributed by atoms with E-state index in [1.54, 1.807) is 14.0 Å². The summed E-state index contributed by atoms with van der Waals surface area (Å²) in [6.07, 6.45) is 2.18. The highest BCUT2D eigenvalue weighted by molar-refractivity contribution is 5.87. The van der Waals surface area contributed by atoms with Crippen LogP contribution in [0.1, 0.15) is 46.5 Å². The monoisotopic (exact) mass is 270 g/mol. The first-order valence-corrected chi connectivity index (χ1v) is 6.87. The molecular weight excluding hydrogens is 244 g/mol. The zero-order valence-electron chi connectivity index (χ0n) is 12.4. The number of hydrogen-bond donors (Lipinski definition) is 2. The van der Waals surface area contributed by atoms with Crippen LogP contribution in [0.2, 0.25) is 0 Å². The lowest BCUT2D eigenvalue weighted by atomic mass is 9.96. The first kappa shape index (κ1) is 17.8. The van der Waals surface area contributed by atoms with E-state index in [0.717, 1.165) is 6.42 Å². The van der Waals surface area contributed by atoms with Crippen LogP contribution in [0.25, 0.3) is 0 Å². The van der Waals surface area contributed by atoms with Gasteiger partial charge in [-0.25, -0.2) is 0 Å². The third kappa shape index (κ3) is 7.72. The van der Waals surface area contributed by atoms with Crippen LogP contribution >= 0.6 is 0 Å². The van der Waals surface area contributed by atoms with Crippen LogP contribution in [0.5, 0.6) is 0 Å². The standard InChI is InChI=1S/C14H26N2O3/c1-5-12(10(2)17)6-7-14(19)16-13(11(3)18)8-9-15-4/h12-13,15H,5-9H2,1-4H3,(H,16,19)/t12-,13+/m1/s1. The summed E-state index contributed by atoms with van der Waals surface area (Å²) in [5.74, 6) is -0.134. The van der Waals surface area contributed by atoms with Crippen LogP contribution < -0.4 is 10.6 Å². The van der Waals surface area contributed by atoms with Crippen molar-refractivity contribution in [3.8, 4) is 0 Å². The smallest absolute Gasteiger partial charge is 0.220 e. The molecule has 0 aromatic heterocycles. The maximum absolute atomic E-state index is 11.8. The third-order valence-electron chi connectivity index (χ3n) is 3.30. The van der Waals surface area contributed by atoms with Crippen molar-refractivity contribution in [2.75, 3.05) is 13.6 Å². The Kier molecular flexibility index (Phi) is 9.04.